The zero-order valence-electron chi connectivity index (χ0n) is 12.0. The zero-order valence-corrected chi connectivity index (χ0v) is 12.0. The minimum atomic E-state index is -1.07. The summed E-state index contributed by atoms with van der Waals surface area (Å²) < 4.78 is 10.5. The van der Waals surface area contributed by atoms with Gasteiger partial charge in [-0.3, -0.25) is 4.79 Å². The lowest BCUT2D eigenvalue weighted by atomic mass is 9.98. The summed E-state index contributed by atoms with van der Waals surface area (Å²) in [6, 6.07) is 6.20. The number of hydrogen-bond donors (Lipinski definition) is 2. The number of benzene rings is 2. The molecule has 2 aromatic carbocycles. The number of nitrogens with one attached hydrogen (secondary N) is 1. The maximum Gasteiger partial charge on any atom is 0.336 e. The first-order valence-corrected chi connectivity index (χ1v) is 6.49. The fraction of sp³-hybridized carbons (Fsp3) is 0.125. The molecule has 3 rings (SSSR count). The van der Waals surface area contributed by atoms with Gasteiger partial charge in [0.2, 0.25) is 5.56 Å². The Bertz CT molecular complexity index is 958. The van der Waals surface area contributed by atoms with Crippen LogP contribution in [0, 0.1) is 0 Å². The first-order chi connectivity index (χ1) is 10.5. The van der Waals surface area contributed by atoms with E-state index in [1.807, 2.05) is 0 Å². The van der Waals surface area contributed by atoms with Crippen molar-refractivity contribution in [2.45, 2.75) is 0 Å². The van der Waals surface area contributed by atoms with Crippen LogP contribution in [0.5, 0.6) is 11.5 Å². The van der Waals surface area contributed by atoms with Gasteiger partial charge in [-0.1, -0.05) is 0 Å². The number of carbonyl (C=O) groups is 1. The van der Waals surface area contributed by atoms with Crippen LogP contribution in [0.4, 0.5) is 0 Å². The van der Waals surface area contributed by atoms with E-state index in [1.165, 1.54) is 26.4 Å². The smallest absolute Gasteiger partial charge is 0.336 e. The SMILES string of the molecule is COc1cc2c(C(=O)O)cc3cc(=O)[nH]cc3c2cc1OC. The van der Waals surface area contributed by atoms with Gasteiger partial charge in [-0.05, 0) is 29.0 Å². The van der Waals surface area contributed by atoms with E-state index in [0.717, 1.165) is 5.39 Å². The Morgan fingerprint density at radius 1 is 1.00 bits per heavy atom. The highest BCUT2D eigenvalue weighted by atomic mass is 16.5. The highest BCUT2D eigenvalue weighted by Crippen LogP contribution is 2.37. The molecule has 0 atom stereocenters. The Labute approximate surface area is 124 Å². The topological polar surface area (TPSA) is 88.6 Å². The lowest BCUT2D eigenvalue weighted by Gasteiger charge is -2.12. The van der Waals surface area contributed by atoms with Crippen molar-refractivity contribution < 1.29 is 19.4 Å². The Morgan fingerprint density at radius 3 is 2.23 bits per heavy atom. The van der Waals surface area contributed by atoms with Crippen LogP contribution in [0.1, 0.15) is 10.4 Å². The molecule has 0 radical (unpaired) electrons. The summed E-state index contributed by atoms with van der Waals surface area (Å²) in [6.45, 7) is 0. The number of carboxylic acids is 1. The molecule has 0 saturated heterocycles. The van der Waals surface area contributed by atoms with Crippen molar-refractivity contribution in [1.29, 1.82) is 0 Å². The van der Waals surface area contributed by atoms with Crippen molar-refractivity contribution in [3.05, 3.63) is 46.4 Å². The van der Waals surface area contributed by atoms with Crippen LogP contribution >= 0.6 is 0 Å². The van der Waals surface area contributed by atoms with Crippen molar-refractivity contribution in [1.82, 2.24) is 4.98 Å². The molecule has 6 nitrogen and oxygen atoms in total. The summed E-state index contributed by atoms with van der Waals surface area (Å²) >= 11 is 0. The van der Waals surface area contributed by atoms with Gasteiger partial charge in [0, 0.05) is 23.0 Å². The molecule has 1 aromatic heterocycles. The molecule has 0 fully saturated rings. The van der Waals surface area contributed by atoms with Crippen molar-refractivity contribution in [3.63, 3.8) is 0 Å². The number of methoxy groups -OCH3 is 2. The lowest BCUT2D eigenvalue weighted by Crippen LogP contribution is -2.04. The maximum absolute atomic E-state index is 11.5. The van der Waals surface area contributed by atoms with Gasteiger partial charge in [-0.15, -0.1) is 0 Å². The second-order valence-corrected chi connectivity index (χ2v) is 4.78. The molecule has 0 aliphatic carbocycles. The van der Waals surface area contributed by atoms with E-state index in [1.54, 1.807) is 18.3 Å². The molecule has 0 spiro atoms. The fourth-order valence-corrected chi connectivity index (χ4v) is 2.57. The van der Waals surface area contributed by atoms with E-state index in [9.17, 15) is 14.7 Å². The predicted octanol–water partition coefficient (Wildman–Crippen LogP) is 2.40. The Morgan fingerprint density at radius 2 is 1.64 bits per heavy atom. The van der Waals surface area contributed by atoms with Crippen LogP contribution in [0.15, 0.2) is 35.3 Å². The van der Waals surface area contributed by atoms with Gasteiger partial charge >= 0.3 is 5.97 Å². The molecule has 0 bridgehead atoms. The summed E-state index contributed by atoms with van der Waals surface area (Å²) in [5.74, 6) is -0.134. The number of carboxylic acid groups (broad SMARTS) is 1. The average molecular weight is 299 g/mol. The fourth-order valence-electron chi connectivity index (χ4n) is 2.57. The lowest BCUT2D eigenvalue weighted by molar-refractivity contribution is 0.0699. The number of pyridine rings is 1. The minimum Gasteiger partial charge on any atom is -0.493 e. The monoisotopic (exact) mass is 299 g/mol. The van der Waals surface area contributed by atoms with E-state index in [-0.39, 0.29) is 11.1 Å². The highest BCUT2D eigenvalue weighted by Gasteiger charge is 2.16. The Hall–Kier alpha value is -3.02. The number of aromatic nitrogens is 1. The van der Waals surface area contributed by atoms with Gasteiger partial charge in [0.05, 0.1) is 19.8 Å². The second kappa shape index (κ2) is 5.07. The quantitative estimate of drug-likeness (QED) is 0.725. The van der Waals surface area contributed by atoms with Crippen molar-refractivity contribution >= 4 is 27.5 Å². The molecule has 0 aliphatic heterocycles. The van der Waals surface area contributed by atoms with Gasteiger partial charge in [0.25, 0.3) is 0 Å². The molecule has 22 heavy (non-hydrogen) atoms. The van der Waals surface area contributed by atoms with Gasteiger partial charge in [-0.2, -0.15) is 0 Å². The molecule has 0 aliphatic rings. The third kappa shape index (κ3) is 2.05. The Kier molecular flexibility index (Phi) is 3.21. The summed E-state index contributed by atoms with van der Waals surface area (Å²) in [5, 5.41) is 11.9. The number of fused-ring (bicyclic) bond motifs is 3. The standard InChI is InChI=1S/C16H13NO5/c1-21-13-5-9-10(6-14(13)22-2)12-7-17-15(18)4-8(12)3-11(9)16(19)20/h3-7H,1-2H3,(H,17,18)(H,19,20). The summed E-state index contributed by atoms with van der Waals surface area (Å²) in [5.41, 5.74) is -0.183. The number of rotatable bonds is 3. The average Bonchev–Trinajstić information content (AvgIpc) is 2.52. The number of ether oxygens (including phenoxy) is 2. The molecular weight excluding hydrogens is 286 g/mol. The normalized spacial score (nSPS) is 10.8. The van der Waals surface area contributed by atoms with Crippen LogP contribution in [-0.4, -0.2) is 30.3 Å². The molecule has 0 amide bonds. The number of aromatic amines is 1. The van der Waals surface area contributed by atoms with Crippen LogP contribution in [-0.2, 0) is 0 Å². The molecule has 6 heteroatoms. The van der Waals surface area contributed by atoms with Crippen LogP contribution in [0.2, 0.25) is 0 Å². The summed E-state index contributed by atoms with van der Waals surface area (Å²) in [7, 11) is 3.00. The van der Waals surface area contributed by atoms with Gasteiger partial charge < -0.3 is 19.6 Å². The number of H-pyrrole nitrogens is 1. The van der Waals surface area contributed by atoms with Gasteiger partial charge in [-0.25, -0.2) is 4.79 Å². The van der Waals surface area contributed by atoms with E-state index < -0.39 is 5.97 Å². The molecular formula is C16H13NO5. The third-order valence-electron chi connectivity index (χ3n) is 3.59. The van der Waals surface area contributed by atoms with Crippen molar-refractivity contribution in [2.75, 3.05) is 14.2 Å². The van der Waals surface area contributed by atoms with E-state index in [0.29, 0.717) is 27.7 Å². The van der Waals surface area contributed by atoms with E-state index in [4.69, 9.17) is 9.47 Å². The number of aromatic carboxylic acids is 1. The van der Waals surface area contributed by atoms with Gasteiger partial charge in [0.15, 0.2) is 11.5 Å². The van der Waals surface area contributed by atoms with Crippen LogP contribution in [0.3, 0.4) is 0 Å². The Balaban J connectivity index is 2.55. The van der Waals surface area contributed by atoms with Crippen LogP contribution in [0.25, 0.3) is 21.5 Å². The summed E-state index contributed by atoms with van der Waals surface area (Å²) in [6.07, 6.45) is 1.57. The minimum absolute atomic E-state index is 0.106. The first kappa shape index (κ1) is 13.9. The number of hydrogen-bond acceptors (Lipinski definition) is 4. The molecule has 3 aromatic rings. The highest BCUT2D eigenvalue weighted by molar-refractivity contribution is 6.16. The molecule has 0 unspecified atom stereocenters. The first-order valence-electron chi connectivity index (χ1n) is 6.49. The van der Waals surface area contributed by atoms with Crippen molar-refractivity contribution in [3.8, 4) is 11.5 Å². The third-order valence-corrected chi connectivity index (χ3v) is 3.59. The molecule has 0 saturated carbocycles. The van der Waals surface area contributed by atoms with E-state index in [2.05, 4.69) is 4.98 Å². The van der Waals surface area contributed by atoms with Gasteiger partial charge in [0.1, 0.15) is 0 Å². The maximum atomic E-state index is 11.5. The van der Waals surface area contributed by atoms with E-state index >= 15 is 0 Å². The van der Waals surface area contributed by atoms with Crippen molar-refractivity contribution in [2.24, 2.45) is 0 Å². The second-order valence-electron chi connectivity index (χ2n) is 4.78. The largest absolute Gasteiger partial charge is 0.493 e. The molecule has 1 heterocycles. The molecule has 112 valence electrons. The molecule has 2 N–H and O–H groups in total. The summed E-state index contributed by atoms with van der Waals surface area (Å²) in [4.78, 5) is 25.6. The zero-order chi connectivity index (χ0) is 15.9. The predicted molar refractivity (Wildman–Crippen MR) is 82.1 cm³/mol. The van der Waals surface area contributed by atoms with Crippen LogP contribution < -0.4 is 15.0 Å².